The van der Waals surface area contributed by atoms with Crippen LogP contribution in [0.15, 0.2) is 30.6 Å². The standard InChI is InChI=1S/C28H48NO3/c1-2-3-4-5-6-7-8-9-10-11-13-18-26-20-21-27(32-26)25-31-28(30)19-14-17-24-29-22-15-12-16-23-29/h12,15-16,22-23,26-27H,2-11,13-14,17-21,24-25H2,1H3/q+1. The van der Waals surface area contributed by atoms with Gasteiger partial charge < -0.3 is 9.47 Å². The maximum absolute atomic E-state index is 12.0. The summed E-state index contributed by atoms with van der Waals surface area (Å²) in [5.41, 5.74) is 0. The normalized spacial score (nSPS) is 18.2. The SMILES string of the molecule is CCCCCCCCCCCCCC1CCC(COC(=O)CCCC[n+]2ccccc2)O1. The van der Waals surface area contributed by atoms with Gasteiger partial charge in [0.25, 0.3) is 0 Å². The quantitative estimate of drug-likeness (QED) is 0.131. The predicted octanol–water partition coefficient (Wildman–Crippen LogP) is 6.94. The number of esters is 1. The summed E-state index contributed by atoms with van der Waals surface area (Å²) >= 11 is 0. The second-order valence-corrected chi connectivity index (χ2v) is 9.54. The van der Waals surface area contributed by atoms with Crippen molar-refractivity contribution < 1.29 is 18.8 Å². The van der Waals surface area contributed by atoms with E-state index in [0.717, 1.165) is 32.2 Å². The van der Waals surface area contributed by atoms with Gasteiger partial charge in [0.2, 0.25) is 0 Å². The molecule has 32 heavy (non-hydrogen) atoms. The van der Waals surface area contributed by atoms with Gasteiger partial charge in [0, 0.05) is 25.0 Å². The van der Waals surface area contributed by atoms with Gasteiger partial charge in [-0.15, -0.1) is 0 Å². The van der Waals surface area contributed by atoms with Gasteiger partial charge >= 0.3 is 5.97 Å². The zero-order valence-electron chi connectivity index (χ0n) is 20.6. The molecule has 1 aliphatic heterocycles. The Hall–Kier alpha value is -1.42. The van der Waals surface area contributed by atoms with Gasteiger partial charge in [0.15, 0.2) is 12.4 Å². The lowest BCUT2D eigenvalue weighted by Gasteiger charge is -2.14. The minimum Gasteiger partial charge on any atom is -0.463 e. The Morgan fingerprint density at radius 2 is 1.44 bits per heavy atom. The molecule has 2 unspecified atom stereocenters. The molecule has 1 aliphatic rings. The van der Waals surface area contributed by atoms with Gasteiger partial charge in [0.1, 0.15) is 13.2 Å². The molecule has 1 aromatic rings. The Bertz CT molecular complexity index is 577. The number of hydrogen-bond donors (Lipinski definition) is 0. The first-order valence-electron chi connectivity index (χ1n) is 13.5. The lowest BCUT2D eigenvalue weighted by atomic mass is 10.0. The lowest BCUT2D eigenvalue weighted by molar-refractivity contribution is -0.697. The fourth-order valence-electron chi connectivity index (χ4n) is 4.56. The molecule has 0 radical (unpaired) electrons. The molecule has 1 saturated heterocycles. The van der Waals surface area contributed by atoms with Crippen molar-refractivity contribution in [3.8, 4) is 0 Å². The van der Waals surface area contributed by atoms with E-state index in [9.17, 15) is 4.79 Å². The van der Waals surface area contributed by atoms with E-state index in [2.05, 4.69) is 23.9 Å². The maximum Gasteiger partial charge on any atom is 0.305 e. The monoisotopic (exact) mass is 446 g/mol. The van der Waals surface area contributed by atoms with Crippen molar-refractivity contribution in [3.63, 3.8) is 0 Å². The Labute approximate surface area is 197 Å². The molecule has 2 heterocycles. The zero-order chi connectivity index (χ0) is 22.7. The summed E-state index contributed by atoms with van der Waals surface area (Å²) in [4.78, 5) is 12.0. The first-order chi connectivity index (χ1) is 15.8. The van der Waals surface area contributed by atoms with Crippen molar-refractivity contribution in [1.29, 1.82) is 0 Å². The van der Waals surface area contributed by atoms with E-state index >= 15 is 0 Å². The van der Waals surface area contributed by atoms with Crippen molar-refractivity contribution in [1.82, 2.24) is 0 Å². The van der Waals surface area contributed by atoms with Crippen LogP contribution in [0, 0.1) is 0 Å². The highest BCUT2D eigenvalue weighted by Gasteiger charge is 2.25. The van der Waals surface area contributed by atoms with Crippen LogP contribution in [0.3, 0.4) is 0 Å². The van der Waals surface area contributed by atoms with Crippen LogP contribution in [-0.2, 0) is 20.8 Å². The Morgan fingerprint density at radius 3 is 2.12 bits per heavy atom. The second kappa shape index (κ2) is 18.1. The van der Waals surface area contributed by atoms with Crippen LogP contribution in [0.5, 0.6) is 0 Å². The van der Waals surface area contributed by atoms with Gasteiger partial charge in [-0.3, -0.25) is 4.79 Å². The van der Waals surface area contributed by atoms with E-state index in [1.165, 1.54) is 77.0 Å². The second-order valence-electron chi connectivity index (χ2n) is 9.54. The van der Waals surface area contributed by atoms with Crippen molar-refractivity contribution in [2.24, 2.45) is 0 Å². The van der Waals surface area contributed by atoms with Gasteiger partial charge in [-0.1, -0.05) is 83.6 Å². The Balaban J connectivity index is 1.37. The Kier molecular flexibility index (Phi) is 15.1. The van der Waals surface area contributed by atoms with E-state index in [1.807, 2.05) is 18.2 Å². The minimum atomic E-state index is -0.0829. The van der Waals surface area contributed by atoms with Crippen LogP contribution >= 0.6 is 0 Å². The molecule has 0 aromatic carbocycles. The molecular weight excluding hydrogens is 398 g/mol. The number of aryl methyl sites for hydroxylation is 1. The van der Waals surface area contributed by atoms with E-state index in [1.54, 1.807) is 0 Å². The van der Waals surface area contributed by atoms with Crippen LogP contribution in [0.2, 0.25) is 0 Å². The van der Waals surface area contributed by atoms with Gasteiger partial charge in [0.05, 0.1) is 12.2 Å². The summed E-state index contributed by atoms with van der Waals surface area (Å²) in [5, 5.41) is 0. The number of aromatic nitrogens is 1. The van der Waals surface area contributed by atoms with Crippen LogP contribution in [-0.4, -0.2) is 24.8 Å². The fourth-order valence-corrected chi connectivity index (χ4v) is 4.56. The van der Waals surface area contributed by atoms with Gasteiger partial charge in [-0.2, -0.15) is 0 Å². The molecule has 0 spiro atoms. The Morgan fingerprint density at radius 1 is 0.812 bits per heavy atom. The van der Waals surface area contributed by atoms with Crippen LogP contribution in [0.25, 0.3) is 0 Å². The molecule has 182 valence electrons. The lowest BCUT2D eigenvalue weighted by Crippen LogP contribution is -2.32. The van der Waals surface area contributed by atoms with Crippen molar-refractivity contribution in [3.05, 3.63) is 30.6 Å². The number of rotatable bonds is 19. The van der Waals surface area contributed by atoms with E-state index in [0.29, 0.717) is 19.1 Å². The molecule has 0 bridgehead atoms. The number of carbonyl (C=O) groups excluding carboxylic acids is 1. The fraction of sp³-hybridized carbons (Fsp3) is 0.786. The number of unbranched alkanes of at least 4 members (excludes halogenated alkanes) is 11. The number of ether oxygens (including phenoxy) is 2. The van der Waals surface area contributed by atoms with E-state index in [-0.39, 0.29) is 12.1 Å². The van der Waals surface area contributed by atoms with Crippen molar-refractivity contribution >= 4 is 5.97 Å². The maximum atomic E-state index is 12.0. The average Bonchev–Trinajstić information content (AvgIpc) is 3.27. The molecule has 4 nitrogen and oxygen atoms in total. The van der Waals surface area contributed by atoms with Crippen LogP contribution in [0.4, 0.5) is 0 Å². The molecule has 1 fully saturated rings. The van der Waals surface area contributed by atoms with Gasteiger partial charge in [-0.25, -0.2) is 4.57 Å². The number of hydrogen-bond acceptors (Lipinski definition) is 3. The molecule has 2 rings (SSSR count). The molecule has 1 aromatic heterocycles. The summed E-state index contributed by atoms with van der Waals surface area (Å²) in [7, 11) is 0. The number of nitrogens with zero attached hydrogens (tertiary/aromatic N) is 1. The van der Waals surface area contributed by atoms with Crippen molar-refractivity contribution in [2.75, 3.05) is 6.61 Å². The smallest absolute Gasteiger partial charge is 0.305 e. The minimum absolute atomic E-state index is 0.0829. The molecule has 4 heteroatoms. The highest BCUT2D eigenvalue weighted by Crippen LogP contribution is 2.24. The molecule has 0 N–H and O–H groups in total. The summed E-state index contributed by atoms with van der Waals surface area (Å²) in [6.07, 6.45) is 25.5. The van der Waals surface area contributed by atoms with Crippen molar-refractivity contribution in [2.45, 2.75) is 135 Å². The van der Waals surface area contributed by atoms with E-state index < -0.39 is 0 Å². The highest BCUT2D eigenvalue weighted by atomic mass is 16.6. The molecule has 0 amide bonds. The van der Waals surface area contributed by atoms with E-state index in [4.69, 9.17) is 9.47 Å². The number of carbonyl (C=O) groups is 1. The highest BCUT2D eigenvalue weighted by molar-refractivity contribution is 5.69. The molecule has 2 atom stereocenters. The third-order valence-electron chi connectivity index (χ3n) is 6.58. The average molecular weight is 447 g/mol. The van der Waals surface area contributed by atoms with Crippen LogP contribution < -0.4 is 4.57 Å². The van der Waals surface area contributed by atoms with Gasteiger partial charge in [-0.05, 0) is 25.7 Å². The largest absolute Gasteiger partial charge is 0.463 e. The summed E-state index contributed by atoms with van der Waals surface area (Å²) in [6, 6.07) is 6.07. The van der Waals surface area contributed by atoms with Crippen LogP contribution in [0.1, 0.15) is 116 Å². The molecular formula is C28H48NO3+. The first-order valence-corrected chi connectivity index (χ1v) is 13.5. The predicted molar refractivity (Wildman–Crippen MR) is 130 cm³/mol. The third kappa shape index (κ3) is 13.2. The summed E-state index contributed by atoms with van der Waals surface area (Å²) in [6.45, 7) is 3.66. The number of pyridine rings is 1. The zero-order valence-corrected chi connectivity index (χ0v) is 20.6. The third-order valence-corrected chi connectivity index (χ3v) is 6.58. The molecule has 0 aliphatic carbocycles. The molecule has 0 saturated carbocycles. The topological polar surface area (TPSA) is 39.4 Å². The summed E-state index contributed by atoms with van der Waals surface area (Å²) in [5.74, 6) is -0.0829. The summed E-state index contributed by atoms with van der Waals surface area (Å²) < 4.78 is 13.7. The first kappa shape index (κ1) is 26.8.